The molecule has 1 aliphatic rings. The number of likely N-dealkylation sites (N-methyl/N-ethyl adjacent to an activating group) is 1. The van der Waals surface area contributed by atoms with Crippen LogP contribution in [0.15, 0.2) is 36.4 Å². The van der Waals surface area contributed by atoms with Crippen LogP contribution in [0.3, 0.4) is 0 Å². The smallest absolute Gasteiger partial charge is 0.124 e. The van der Waals surface area contributed by atoms with E-state index >= 15 is 0 Å². The molecule has 0 atom stereocenters. The molecule has 1 aliphatic carbocycles. The Morgan fingerprint density at radius 1 is 1.17 bits per heavy atom. The first kappa shape index (κ1) is 16.8. The predicted octanol–water partition coefficient (Wildman–Crippen LogP) is 3.93. The SMILES string of the molecule is CN(C)CCOc1ccc(-c2cccc(N)n2)c(C2CCCC2)c1. The second-order valence-electron chi connectivity index (χ2n) is 6.83. The van der Waals surface area contributed by atoms with Crippen LogP contribution in [-0.4, -0.2) is 37.1 Å². The summed E-state index contributed by atoms with van der Waals surface area (Å²) in [5.41, 5.74) is 9.38. The quantitative estimate of drug-likeness (QED) is 0.874. The topological polar surface area (TPSA) is 51.4 Å². The number of anilines is 1. The van der Waals surface area contributed by atoms with E-state index < -0.39 is 0 Å². The fourth-order valence-corrected chi connectivity index (χ4v) is 3.39. The Balaban J connectivity index is 1.90. The first-order chi connectivity index (χ1) is 11.6. The molecule has 0 aliphatic heterocycles. The number of nitrogens with two attached hydrogens (primary N) is 1. The zero-order chi connectivity index (χ0) is 16.9. The van der Waals surface area contributed by atoms with Crippen molar-refractivity contribution in [2.24, 2.45) is 0 Å². The molecule has 1 aromatic carbocycles. The lowest BCUT2D eigenvalue weighted by atomic mass is 9.91. The standard InChI is InChI=1S/C20H27N3O/c1-23(2)12-13-24-16-10-11-17(19-8-5-9-20(21)22-19)18(14-16)15-6-3-4-7-15/h5,8-11,14-15H,3-4,6-7,12-13H2,1-2H3,(H2,21,22). The van der Waals surface area contributed by atoms with E-state index in [2.05, 4.69) is 36.1 Å². The van der Waals surface area contributed by atoms with Gasteiger partial charge in [0, 0.05) is 12.1 Å². The monoisotopic (exact) mass is 325 g/mol. The van der Waals surface area contributed by atoms with Crippen molar-refractivity contribution in [1.82, 2.24) is 9.88 Å². The van der Waals surface area contributed by atoms with Crippen molar-refractivity contribution in [2.45, 2.75) is 31.6 Å². The Kier molecular flexibility index (Phi) is 5.36. The van der Waals surface area contributed by atoms with E-state index in [1.54, 1.807) is 0 Å². The van der Waals surface area contributed by atoms with Gasteiger partial charge in [0.25, 0.3) is 0 Å². The predicted molar refractivity (Wildman–Crippen MR) is 99.3 cm³/mol. The molecule has 0 saturated heterocycles. The van der Waals surface area contributed by atoms with Gasteiger partial charge in [0.05, 0.1) is 5.69 Å². The number of rotatable bonds is 6. The van der Waals surface area contributed by atoms with E-state index in [0.29, 0.717) is 18.3 Å². The number of nitrogens with zero attached hydrogens (tertiary/aromatic N) is 2. The third-order valence-corrected chi connectivity index (χ3v) is 4.67. The normalized spacial score (nSPS) is 15.1. The fraction of sp³-hybridized carbons (Fsp3) is 0.450. The molecular formula is C20H27N3O. The highest BCUT2D eigenvalue weighted by Crippen LogP contribution is 2.40. The summed E-state index contributed by atoms with van der Waals surface area (Å²) in [5.74, 6) is 2.11. The van der Waals surface area contributed by atoms with Crippen molar-refractivity contribution in [3.8, 4) is 17.0 Å². The summed E-state index contributed by atoms with van der Waals surface area (Å²) in [4.78, 5) is 6.65. The summed E-state index contributed by atoms with van der Waals surface area (Å²) < 4.78 is 5.94. The van der Waals surface area contributed by atoms with Crippen molar-refractivity contribution >= 4 is 5.82 Å². The first-order valence-corrected chi connectivity index (χ1v) is 8.78. The van der Waals surface area contributed by atoms with E-state index in [1.165, 1.54) is 36.8 Å². The molecule has 128 valence electrons. The Labute approximate surface area is 144 Å². The number of benzene rings is 1. The maximum Gasteiger partial charge on any atom is 0.124 e. The minimum atomic E-state index is 0.566. The molecule has 1 aromatic heterocycles. The van der Waals surface area contributed by atoms with Gasteiger partial charge in [-0.15, -0.1) is 0 Å². The molecule has 0 amide bonds. The number of ether oxygens (including phenoxy) is 1. The minimum Gasteiger partial charge on any atom is -0.492 e. The summed E-state index contributed by atoms with van der Waals surface area (Å²) >= 11 is 0. The Morgan fingerprint density at radius 2 is 1.96 bits per heavy atom. The van der Waals surface area contributed by atoms with Crippen molar-refractivity contribution < 1.29 is 4.74 Å². The Bertz CT molecular complexity index is 678. The van der Waals surface area contributed by atoms with E-state index in [-0.39, 0.29) is 0 Å². The van der Waals surface area contributed by atoms with Crippen LogP contribution >= 0.6 is 0 Å². The van der Waals surface area contributed by atoms with Crippen molar-refractivity contribution in [3.63, 3.8) is 0 Å². The largest absolute Gasteiger partial charge is 0.492 e. The zero-order valence-electron chi connectivity index (χ0n) is 14.7. The molecule has 3 rings (SSSR count). The van der Waals surface area contributed by atoms with Gasteiger partial charge in [0.2, 0.25) is 0 Å². The van der Waals surface area contributed by atoms with Crippen LogP contribution in [0.5, 0.6) is 5.75 Å². The maximum absolute atomic E-state index is 5.94. The van der Waals surface area contributed by atoms with Gasteiger partial charge in [-0.3, -0.25) is 0 Å². The van der Waals surface area contributed by atoms with E-state index in [1.807, 2.05) is 24.3 Å². The highest BCUT2D eigenvalue weighted by atomic mass is 16.5. The van der Waals surface area contributed by atoms with E-state index in [0.717, 1.165) is 18.0 Å². The van der Waals surface area contributed by atoms with Gasteiger partial charge in [-0.1, -0.05) is 18.9 Å². The number of hydrogen-bond donors (Lipinski definition) is 1. The van der Waals surface area contributed by atoms with Gasteiger partial charge >= 0.3 is 0 Å². The molecular weight excluding hydrogens is 298 g/mol. The molecule has 0 unspecified atom stereocenters. The lowest BCUT2D eigenvalue weighted by Crippen LogP contribution is -2.19. The van der Waals surface area contributed by atoms with Crippen LogP contribution in [0, 0.1) is 0 Å². The summed E-state index contributed by atoms with van der Waals surface area (Å²) in [6.45, 7) is 1.62. The van der Waals surface area contributed by atoms with Gasteiger partial charge in [-0.05, 0) is 68.8 Å². The van der Waals surface area contributed by atoms with Crippen LogP contribution in [0.2, 0.25) is 0 Å². The Hall–Kier alpha value is -2.07. The molecule has 1 heterocycles. The molecule has 0 bridgehead atoms. The molecule has 4 nitrogen and oxygen atoms in total. The highest BCUT2D eigenvalue weighted by Gasteiger charge is 2.21. The van der Waals surface area contributed by atoms with Gasteiger partial charge in [-0.25, -0.2) is 4.98 Å². The minimum absolute atomic E-state index is 0.566. The lowest BCUT2D eigenvalue weighted by molar-refractivity contribution is 0.261. The van der Waals surface area contributed by atoms with Crippen LogP contribution in [0.25, 0.3) is 11.3 Å². The van der Waals surface area contributed by atoms with Crippen LogP contribution in [0.4, 0.5) is 5.82 Å². The number of hydrogen-bond acceptors (Lipinski definition) is 4. The molecule has 0 radical (unpaired) electrons. The summed E-state index contributed by atoms with van der Waals surface area (Å²) in [5, 5.41) is 0. The average molecular weight is 325 g/mol. The van der Waals surface area contributed by atoms with Crippen LogP contribution in [0.1, 0.15) is 37.2 Å². The van der Waals surface area contributed by atoms with E-state index in [9.17, 15) is 0 Å². The fourth-order valence-electron chi connectivity index (χ4n) is 3.39. The number of nitrogen functional groups attached to an aromatic ring is 1. The van der Waals surface area contributed by atoms with Gasteiger partial charge in [0.1, 0.15) is 18.2 Å². The number of pyridine rings is 1. The molecule has 0 spiro atoms. The van der Waals surface area contributed by atoms with Crippen LogP contribution < -0.4 is 10.5 Å². The zero-order valence-corrected chi connectivity index (χ0v) is 14.7. The maximum atomic E-state index is 5.94. The molecule has 24 heavy (non-hydrogen) atoms. The highest BCUT2D eigenvalue weighted by molar-refractivity contribution is 5.67. The second-order valence-corrected chi connectivity index (χ2v) is 6.83. The number of aromatic nitrogens is 1. The van der Waals surface area contributed by atoms with Gasteiger partial charge in [-0.2, -0.15) is 0 Å². The van der Waals surface area contributed by atoms with E-state index in [4.69, 9.17) is 10.5 Å². The first-order valence-electron chi connectivity index (χ1n) is 8.78. The van der Waals surface area contributed by atoms with Gasteiger partial charge in [0.15, 0.2) is 0 Å². The Morgan fingerprint density at radius 3 is 2.67 bits per heavy atom. The second kappa shape index (κ2) is 7.67. The van der Waals surface area contributed by atoms with Crippen molar-refractivity contribution in [3.05, 3.63) is 42.0 Å². The molecule has 1 fully saturated rings. The van der Waals surface area contributed by atoms with Crippen LogP contribution in [-0.2, 0) is 0 Å². The lowest BCUT2D eigenvalue weighted by Gasteiger charge is -2.18. The third kappa shape index (κ3) is 4.06. The summed E-state index contributed by atoms with van der Waals surface area (Å²) in [7, 11) is 4.11. The van der Waals surface area contributed by atoms with Crippen molar-refractivity contribution in [2.75, 3.05) is 33.0 Å². The summed E-state index contributed by atoms with van der Waals surface area (Å²) in [6, 6.07) is 12.2. The molecule has 1 saturated carbocycles. The summed E-state index contributed by atoms with van der Waals surface area (Å²) in [6.07, 6.45) is 5.10. The molecule has 2 aromatic rings. The van der Waals surface area contributed by atoms with Crippen molar-refractivity contribution in [1.29, 1.82) is 0 Å². The van der Waals surface area contributed by atoms with Gasteiger partial charge < -0.3 is 15.4 Å². The molecule has 2 N–H and O–H groups in total. The average Bonchev–Trinajstić information content (AvgIpc) is 3.09. The molecule has 4 heteroatoms. The third-order valence-electron chi connectivity index (χ3n) is 4.67.